The number of rotatable bonds is 4. The molecule has 1 aromatic rings. The number of carbonyl (C=O) groups is 1. The molecule has 0 saturated heterocycles. The van der Waals surface area contributed by atoms with Crippen LogP contribution in [0.25, 0.3) is 0 Å². The van der Waals surface area contributed by atoms with Crippen molar-refractivity contribution < 1.29 is 9.53 Å². The highest BCUT2D eigenvalue weighted by Gasteiger charge is 2.23. The molecule has 2 rings (SSSR count). The Bertz CT molecular complexity index is 496. The van der Waals surface area contributed by atoms with Crippen LogP contribution in [0.2, 0.25) is 5.02 Å². The molecule has 1 aliphatic rings. The number of ether oxygens (including phenoxy) is 1. The van der Waals surface area contributed by atoms with Crippen molar-refractivity contribution in [1.29, 1.82) is 0 Å². The van der Waals surface area contributed by atoms with Crippen LogP contribution in [0.5, 0.6) is 5.75 Å². The Morgan fingerprint density at radius 3 is 2.52 bits per heavy atom. The van der Waals surface area contributed by atoms with E-state index in [0.29, 0.717) is 5.92 Å². The van der Waals surface area contributed by atoms with Crippen LogP contribution in [0.15, 0.2) is 18.2 Å². The normalized spacial score (nSPS) is 16.8. The Hall–Kier alpha value is -1.02. The van der Waals surface area contributed by atoms with Crippen LogP contribution in [0.4, 0.5) is 0 Å². The van der Waals surface area contributed by atoms with Gasteiger partial charge in [-0.2, -0.15) is 0 Å². The summed E-state index contributed by atoms with van der Waals surface area (Å²) >= 11 is 6.15. The minimum atomic E-state index is -0.364. The Labute approximate surface area is 132 Å². The molecule has 0 N–H and O–H groups in total. The van der Waals surface area contributed by atoms with Crippen LogP contribution in [0.1, 0.15) is 64.4 Å². The fourth-order valence-electron chi connectivity index (χ4n) is 2.74. The van der Waals surface area contributed by atoms with Gasteiger partial charge in [-0.05, 0) is 42.5 Å². The zero-order valence-corrected chi connectivity index (χ0v) is 14.0. The van der Waals surface area contributed by atoms with Gasteiger partial charge in [-0.1, -0.05) is 51.6 Å². The molecule has 0 unspecified atom stereocenters. The summed E-state index contributed by atoms with van der Waals surface area (Å²) in [6.45, 7) is 5.89. The first-order chi connectivity index (χ1) is 9.88. The van der Waals surface area contributed by atoms with Gasteiger partial charge in [-0.25, -0.2) is 0 Å². The van der Waals surface area contributed by atoms with Crippen LogP contribution in [0, 0.1) is 5.41 Å². The summed E-state index contributed by atoms with van der Waals surface area (Å²) in [5.74, 6) is 1.45. The lowest BCUT2D eigenvalue weighted by molar-refractivity contribution is -0.128. The van der Waals surface area contributed by atoms with E-state index in [1.54, 1.807) is 0 Å². The van der Waals surface area contributed by atoms with Crippen molar-refractivity contribution in [3.8, 4) is 5.75 Å². The van der Waals surface area contributed by atoms with E-state index in [0.717, 1.165) is 10.8 Å². The third kappa shape index (κ3) is 4.47. The first-order valence-electron chi connectivity index (χ1n) is 7.83. The number of hydrogen-bond donors (Lipinski definition) is 0. The number of halogens is 1. The van der Waals surface area contributed by atoms with Crippen LogP contribution in [-0.4, -0.2) is 12.4 Å². The van der Waals surface area contributed by atoms with Gasteiger partial charge in [0.05, 0.1) is 0 Å². The zero-order valence-electron chi connectivity index (χ0n) is 13.2. The van der Waals surface area contributed by atoms with Crippen molar-refractivity contribution >= 4 is 17.4 Å². The van der Waals surface area contributed by atoms with Gasteiger partial charge < -0.3 is 4.74 Å². The summed E-state index contributed by atoms with van der Waals surface area (Å²) in [4.78, 5) is 12.0. The van der Waals surface area contributed by atoms with Gasteiger partial charge >= 0.3 is 0 Å². The Morgan fingerprint density at radius 2 is 1.90 bits per heavy atom. The summed E-state index contributed by atoms with van der Waals surface area (Å²) in [7, 11) is 0. The molecule has 2 nitrogen and oxygen atoms in total. The Morgan fingerprint density at radius 1 is 1.24 bits per heavy atom. The van der Waals surface area contributed by atoms with Crippen molar-refractivity contribution in [2.24, 2.45) is 5.41 Å². The predicted octanol–water partition coefficient (Wildman–Crippen LogP) is 5.38. The standard InChI is InChI=1S/C18H25ClO2/c1-18(2,3)17(20)12-21-16-10-9-14(19)11-15(16)13-7-5-4-6-8-13/h9-11,13H,4-8,12H2,1-3H3. The predicted molar refractivity (Wildman–Crippen MR) is 87.2 cm³/mol. The third-order valence-electron chi connectivity index (χ3n) is 4.21. The second-order valence-electron chi connectivity index (χ2n) is 6.98. The molecular formula is C18H25ClO2. The molecule has 21 heavy (non-hydrogen) atoms. The highest BCUT2D eigenvalue weighted by Crippen LogP contribution is 2.38. The molecule has 0 spiro atoms. The molecule has 0 radical (unpaired) electrons. The summed E-state index contributed by atoms with van der Waals surface area (Å²) in [6, 6.07) is 5.75. The molecule has 1 aromatic carbocycles. The highest BCUT2D eigenvalue weighted by molar-refractivity contribution is 6.30. The first kappa shape index (κ1) is 16.4. The average molecular weight is 309 g/mol. The monoisotopic (exact) mass is 308 g/mol. The third-order valence-corrected chi connectivity index (χ3v) is 4.45. The lowest BCUT2D eigenvalue weighted by Gasteiger charge is -2.25. The molecular weight excluding hydrogens is 284 g/mol. The minimum absolute atomic E-state index is 0.118. The second-order valence-corrected chi connectivity index (χ2v) is 7.42. The number of Topliss-reactive ketones (excluding diaryl/α,β-unsaturated/α-hetero) is 1. The quantitative estimate of drug-likeness (QED) is 0.746. The summed E-state index contributed by atoms with van der Waals surface area (Å²) in [5.41, 5.74) is 0.807. The van der Waals surface area contributed by atoms with E-state index < -0.39 is 0 Å². The van der Waals surface area contributed by atoms with E-state index in [9.17, 15) is 4.79 Å². The zero-order chi connectivity index (χ0) is 15.5. The van der Waals surface area contributed by atoms with Crippen LogP contribution in [-0.2, 0) is 4.79 Å². The topological polar surface area (TPSA) is 26.3 Å². The fourth-order valence-corrected chi connectivity index (χ4v) is 2.92. The molecule has 1 fully saturated rings. The molecule has 3 heteroatoms. The van der Waals surface area contributed by atoms with Crippen molar-refractivity contribution in [2.75, 3.05) is 6.61 Å². The largest absolute Gasteiger partial charge is 0.486 e. The Kier molecular flexibility index (Phi) is 5.32. The summed E-state index contributed by atoms with van der Waals surface area (Å²) < 4.78 is 5.83. The van der Waals surface area contributed by atoms with E-state index in [-0.39, 0.29) is 17.8 Å². The SMILES string of the molecule is CC(C)(C)C(=O)COc1ccc(Cl)cc1C1CCCCC1. The Balaban J connectivity index is 2.13. The van der Waals surface area contributed by atoms with Crippen molar-refractivity contribution in [3.63, 3.8) is 0 Å². The van der Waals surface area contributed by atoms with Crippen molar-refractivity contribution in [2.45, 2.75) is 58.8 Å². The molecule has 0 aromatic heterocycles. The van der Waals surface area contributed by atoms with Gasteiger partial charge in [0.15, 0.2) is 5.78 Å². The lowest BCUT2D eigenvalue weighted by Crippen LogP contribution is -2.26. The van der Waals surface area contributed by atoms with Crippen LogP contribution in [0.3, 0.4) is 0 Å². The van der Waals surface area contributed by atoms with Gasteiger partial charge in [0.1, 0.15) is 12.4 Å². The molecule has 0 amide bonds. The lowest BCUT2D eigenvalue weighted by atomic mass is 9.83. The molecule has 0 heterocycles. The molecule has 0 aliphatic heterocycles. The summed E-state index contributed by atoms with van der Waals surface area (Å²) in [5, 5.41) is 0.741. The summed E-state index contributed by atoms with van der Waals surface area (Å²) in [6.07, 6.45) is 6.21. The van der Waals surface area contributed by atoms with Gasteiger partial charge in [0, 0.05) is 10.4 Å². The van der Waals surface area contributed by atoms with E-state index in [1.807, 2.05) is 39.0 Å². The molecule has 0 bridgehead atoms. The first-order valence-corrected chi connectivity index (χ1v) is 8.21. The minimum Gasteiger partial charge on any atom is -0.486 e. The van der Waals surface area contributed by atoms with Crippen LogP contribution < -0.4 is 4.74 Å². The van der Waals surface area contributed by atoms with Crippen molar-refractivity contribution in [3.05, 3.63) is 28.8 Å². The molecule has 116 valence electrons. The van der Waals surface area contributed by atoms with Gasteiger partial charge in [-0.3, -0.25) is 4.79 Å². The van der Waals surface area contributed by atoms with Gasteiger partial charge in [0.2, 0.25) is 0 Å². The van der Waals surface area contributed by atoms with Gasteiger partial charge in [0.25, 0.3) is 0 Å². The molecule has 1 aliphatic carbocycles. The van der Waals surface area contributed by atoms with E-state index in [4.69, 9.17) is 16.3 Å². The van der Waals surface area contributed by atoms with E-state index >= 15 is 0 Å². The maximum atomic E-state index is 12.0. The maximum Gasteiger partial charge on any atom is 0.175 e. The van der Waals surface area contributed by atoms with E-state index in [2.05, 4.69) is 0 Å². The number of benzene rings is 1. The molecule has 0 atom stereocenters. The fraction of sp³-hybridized carbons (Fsp3) is 0.611. The maximum absolute atomic E-state index is 12.0. The van der Waals surface area contributed by atoms with E-state index in [1.165, 1.54) is 37.7 Å². The number of hydrogen-bond acceptors (Lipinski definition) is 2. The number of carbonyl (C=O) groups excluding carboxylic acids is 1. The second kappa shape index (κ2) is 6.83. The van der Waals surface area contributed by atoms with Crippen molar-refractivity contribution in [1.82, 2.24) is 0 Å². The smallest absolute Gasteiger partial charge is 0.175 e. The molecule has 1 saturated carbocycles. The van der Waals surface area contributed by atoms with Gasteiger partial charge in [-0.15, -0.1) is 0 Å². The van der Waals surface area contributed by atoms with Crippen LogP contribution >= 0.6 is 11.6 Å². The average Bonchev–Trinajstić information content (AvgIpc) is 2.45. The highest BCUT2D eigenvalue weighted by atomic mass is 35.5. The number of ketones is 1.